The van der Waals surface area contributed by atoms with E-state index in [4.69, 9.17) is 9.84 Å². The second-order valence-corrected chi connectivity index (χ2v) is 7.42. The molecule has 2 atom stereocenters. The van der Waals surface area contributed by atoms with Gasteiger partial charge in [-0.15, -0.1) is 0 Å². The zero-order valence-electron chi connectivity index (χ0n) is 15.8. The fourth-order valence-electron chi connectivity index (χ4n) is 2.41. The molecular weight excluding hydrogens is 308 g/mol. The van der Waals surface area contributed by atoms with Crippen molar-refractivity contribution >= 4 is 12.1 Å². The average Bonchev–Trinajstić information content (AvgIpc) is 2.51. The van der Waals surface area contributed by atoms with Gasteiger partial charge in [0, 0.05) is 38.8 Å². The molecule has 0 aromatic heterocycles. The molecule has 1 aliphatic heterocycles. The van der Waals surface area contributed by atoms with Crippen LogP contribution >= 0.6 is 0 Å². The Bertz CT molecular complexity index is 421. The lowest BCUT2D eigenvalue weighted by Gasteiger charge is -2.35. The topological polar surface area (TPSA) is 86.2 Å². The van der Waals surface area contributed by atoms with Crippen LogP contribution in [0.4, 0.5) is 4.79 Å². The third-order valence-electron chi connectivity index (χ3n) is 3.63. The predicted octanol–water partition coefficient (Wildman–Crippen LogP) is 1.57. The Morgan fingerprint density at radius 3 is 2.75 bits per heavy atom. The number of nitrogens with one attached hydrogen (secondary N) is 2. The highest BCUT2D eigenvalue weighted by molar-refractivity contribution is 5.80. The Labute approximate surface area is 145 Å². The lowest BCUT2D eigenvalue weighted by molar-refractivity contribution is 0.0193. The minimum Gasteiger partial charge on any atom is -0.444 e. The van der Waals surface area contributed by atoms with Crippen LogP contribution in [0.5, 0.6) is 0 Å². The van der Waals surface area contributed by atoms with E-state index in [0.717, 1.165) is 31.9 Å². The molecule has 1 rings (SSSR count). The van der Waals surface area contributed by atoms with Crippen molar-refractivity contribution < 1.29 is 14.6 Å². The maximum absolute atomic E-state index is 12.2. The molecule has 0 aromatic carbocycles. The number of aliphatic imine (C=N–C) groups is 1. The minimum atomic E-state index is -0.478. The van der Waals surface area contributed by atoms with Crippen LogP contribution in [0, 0.1) is 5.92 Å². The van der Waals surface area contributed by atoms with Crippen LogP contribution in [0.25, 0.3) is 0 Å². The summed E-state index contributed by atoms with van der Waals surface area (Å²) < 4.78 is 5.46. The van der Waals surface area contributed by atoms with Gasteiger partial charge in [-0.1, -0.05) is 6.92 Å². The summed E-state index contributed by atoms with van der Waals surface area (Å²) >= 11 is 0. The van der Waals surface area contributed by atoms with Crippen molar-refractivity contribution in [3.63, 3.8) is 0 Å². The summed E-state index contributed by atoms with van der Waals surface area (Å²) in [7, 11) is 0. The second-order valence-electron chi connectivity index (χ2n) is 7.42. The number of guanidine groups is 1. The number of rotatable bonds is 5. The van der Waals surface area contributed by atoms with Crippen molar-refractivity contribution in [3.8, 4) is 0 Å². The molecule has 0 bridgehead atoms. The van der Waals surface area contributed by atoms with E-state index in [1.807, 2.05) is 34.6 Å². The Balaban J connectivity index is 2.60. The summed E-state index contributed by atoms with van der Waals surface area (Å²) in [6.45, 7) is 12.4. The predicted molar refractivity (Wildman–Crippen MR) is 96.2 cm³/mol. The van der Waals surface area contributed by atoms with Crippen molar-refractivity contribution in [1.29, 1.82) is 0 Å². The highest BCUT2D eigenvalue weighted by Crippen LogP contribution is 2.15. The first-order valence-corrected chi connectivity index (χ1v) is 8.88. The minimum absolute atomic E-state index is 0.124. The van der Waals surface area contributed by atoms with Crippen molar-refractivity contribution in [1.82, 2.24) is 15.5 Å². The summed E-state index contributed by atoms with van der Waals surface area (Å²) in [4.78, 5) is 18.5. The molecule has 24 heavy (non-hydrogen) atoms. The van der Waals surface area contributed by atoms with Crippen molar-refractivity contribution in [2.24, 2.45) is 10.9 Å². The number of piperidine rings is 1. The Hall–Kier alpha value is -1.50. The lowest BCUT2D eigenvalue weighted by Crippen LogP contribution is -2.53. The summed E-state index contributed by atoms with van der Waals surface area (Å²) in [6, 6.07) is 0.147. The smallest absolute Gasteiger partial charge is 0.410 e. The van der Waals surface area contributed by atoms with Crippen LogP contribution in [0.15, 0.2) is 4.99 Å². The van der Waals surface area contributed by atoms with E-state index in [-0.39, 0.29) is 24.7 Å². The molecular formula is C17H34N4O3. The number of likely N-dealkylation sites (tertiary alicyclic amines) is 1. The van der Waals surface area contributed by atoms with Gasteiger partial charge in [0.05, 0.1) is 0 Å². The van der Waals surface area contributed by atoms with Gasteiger partial charge in [-0.2, -0.15) is 0 Å². The molecule has 0 saturated carbocycles. The third kappa shape index (κ3) is 7.86. The zero-order valence-corrected chi connectivity index (χ0v) is 15.8. The van der Waals surface area contributed by atoms with E-state index in [1.165, 1.54) is 0 Å². The van der Waals surface area contributed by atoms with E-state index in [1.54, 1.807) is 4.90 Å². The fourth-order valence-corrected chi connectivity index (χ4v) is 2.41. The van der Waals surface area contributed by atoms with Crippen LogP contribution in [-0.4, -0.2) is 66.5 Å². The fraction of sp³-hybridized carbons (Fsp3) is 0.882. The molecule has 3 N–H and O–H groups in total. The van der Waals surface area contributed by atoms with E-state index in [0.29, 0.717) is 13.1 Å². The summed E-state index contributed by atoms with van der Waals surface area (Å²) in [5.74, 6) is 0.860. The van der Waals surface area contributed by atoms with Gasteiger partial charge in [-0.25, -0.2) is 4.79 Å². The number of carbonyl (C=O) groups excluding carboxylic acids is 1. The molecule has 1 fully saturated rings. The maximum atomic E-state index is 12.2. The monoisotopic (exact) mass is 342 g/mol. The van der Waals surface area contributed by atoms with Gasteiger partial charge in [0.1, 0.15) is 5.60 Å². The number of aliphatic hydroxyl groups excluding tert-OH is 1. The van der Waals surface area contributed by atoms with Gasteiger partial charge in [0.25, 0.3) is 0 Å². The van der Waals surface area contributed by atoms with Gasteiger partial charge in [-0.3, -0.25) is 4.99 Å². The summed E-state index contributed by atoms with van der Waals surface area (Å²) in [5.41, 5.74) is -0.478. The number of hydrogen-bond acceptors (Lipinski definition) is 4. The van der Waals surface area contributed by atoms with Crippen LogP contribution in [0.2, 0.25) is 0 Å². The van der Waals surface area contributed by atoms with E-state index >= 15 is 0 Å². The molecule has 0 aromatic rings. The molecule has 2 unspecified atom stereocenters. The number of nitrogens with zero attached hydrogens (tertiary/aromatic N) is 2. The Morgan fingerprint density at radius 1 is 1.46 bits per heavy atom. The molecule has 140 valence electrons. The van der Waals surface area contributed by atoms with Crippen LogP contribution in [0.3, 0.4) is 0 Å². The molecule has 1 heterocycles. The van der Waals surface area contributed by atoms with Crippen molar-refractivity contribution in [2.75, 3.05) is 32.8 Å². The van der Waals surface area contributed by atoms with Crippen LogP contribution < -0.4 is 10.6 Å². The second kappa shape index (κ2) is 9.71. The summed E-state index contributed by atoms with van der Waals surface area (Å²) in [6.07, 6.45) is 1.66. The Morgan fingerprint density at radius 2 is 2.17 bits per heavy atom. The van der Waals surface area contributed by atoms with Gasteiger partial charge < -0.3 is 25.4 Å². The largest absolute Gasteiger partial charge is 0.444 e. The third-order valence-corrected chi connectivity index (χ3v) is 3.63. The normalized spacial score (nSPS) is 20.5. The molecule has 0 aliphatic carbocycles. The standard InChI is InChI=1S/C17H34N4O3/c1-6-18-15(19-10-13(2)12-22)20-14-8-7-9-21(11-14)16(23)24-17(3,4)5/h13-14,22H,6-12H2,1-5H3,(H2,18,19,20). The SMILES string of the molecule is CCNC(=NCC(C)CO)NC1CCCN(C(=O)OC(C)(C)C)C1. The highest BCUT2D eigenvalue weighted by Gasteiger charge is 2.28. The van der Waals surface area contributed by atoms with Gasteiger partial charge in [-0.05, 0) is 46.5 Å². The summed E-state index contributed by atoms with van der Waals surface area (Å²) in [5, 5.41) is 15.7. The van der Waals surface area contributed by atoms with Gasteiger partial charge in [0.2, 0.25) is 0 Å². The van der Waals surface area contributed by atoms with E-state index in [9.17, 15) is 4.79 Å². The molecule has 1 saturated heterocycles. The Kier molecular flexibility index (Phi) is 8.31. The molecule has 7 heteroatoms. The number of hydrogen-bond donors (Lipinski definition) is 3. The number of amides is 1. The maximum Gasteiger partial charge on any atom is 0.410 e. The van der Waals surface area contributed by atoms with Gasteiger partial charge in [0.15, 0.2) is 5.96 Å². The van der Waals surface area contributed by atoms with Crippen molar-refractivity contribution in [3.05, 3.63) is 0 Å². The first-order chi connectivity index (χ1) is 11.2. The molecule has 0 radical (unpaired) electrons. The lowest BCUT2D eigenvalue weighted by atomic mass is 10.1. The van der Waals surface area contributed by atoms with Crippen LogP contribution in [-0.2, 0) is 4.74 Å². The molecule has 0 spiro atoms. The van der Waals surface area contributed by atoms with Crippen molar-refractivity contribution in [2.45, 2.75) is 59.1 Å². The van der Waals surface area contributed by atoms with E-state index < -0.39 is 5.60 Å². The van der Waals surface area contributed by atoms with Crippen LogP contribution in [0.1, 0.15) is 47.5 Å². The number of ether oxygens (including phenoxy) is 1. The average molecular weight is 342 g/mol. The van der Waals surface area contributed by atoms with E-state index in [2.05, 4.69) is 15.6 Å². The van der Waals surface area contributed by atoms with Gasteiger partial charge >= 0.3 is 6.09 Å². The first kappa shape index (κ1) is 20.5. The highest BCUT2D eigenvalue weighted by atomic mass is 16.6. The first-order valence-electron chi connectivity index (χ1n) is 8.88. The quantitative estimate of drug-likeness (QED) is 0.521. The zero-order chi connectivity index (χ0) is 18.2. The molecule has 1 amide bonds. The number of carbonyl (C=O) groups is 1. The molecule has 1 aliphatic rings. The molecule has 7 nitrogen and oxygen atoms in total. The number of aliphatic hydroxyl groups is 1.